The van der Waals surface area contributed by atoms with Crippen LogP contribution in [0.15, 0.2) is 64.5 Å². The Kier molecular flexibility index (Phi) is 8.47. The third kappa shape index (κ3) is 7.44. The number of benzene rings is 2. The van der Waals surface area contributed by atoms with Gasteiger partial charge in [-0.2, -0.15) is 13.4 Å². The van der Waals surface area contributed by atoms with Crippen LogP contribution in [-0.4, -0.2) is 34.6 Å². The van der Waals surface area contributed by atoms with E-state index in [0.29, 0.717) is 30.4 Å². The van der Waals surface area contributed by atoms with Crippen molar-refractivity contribution >= 4 is 27.3 Å². The Morgan fingerprint density at radius 3 is 2.36 bits per heavy atom. The highest BCUT2D eigenvalue weighted by Crippen LogP contribution is 2.26. The molecular weight excluding hydrogens is 498 g/mol. The van der Waals surface area contributed by atoms with Crippen LogP contribution in [0.3, 0.4) is 0 Å². The summed E-state index contributed by atoms with van der Waals surface area (Å²) in [4.78, 5) is 9.30. The molecule has 4 aromatic rings. The molecule has 2 aromatic heterocycles. The zero-order valence-electron chi connectivity index (χ0n) is 20.1. The van der Waals surface area contributed by atoms with Gasteiger partial charge in [-0.05, 0) is 49.4 Å². The summed E-state index contributed by atoms with van der Waals surface area (Å²) in [7, 11) is -4.32. The lowest BCUT2D eigenvalue weighted by atomic mass is 9.98. The molecule has 11 heteroatoms. The van der Waals surface area contributed by atoms with Crippen LogP contribution in [0.1, 0.15) is 52.4 Å². The Morgan fingerprint density at radius 2 is 1.75 bits per heavy atom. The van der Waals surface area contributed by atoms with E-state index in [1.54, 1.807) is 23.5 Å². The van der Waals surface area contributed by atoms with Crippen LogP contribution < -0.4 is 10.0 Å². The second-order valence-corrected chi connectivity index (χ2v) is 10.6. The maximum atomic E-state index is 11.1. The highest BCUT2D eigenvalue weighted by Gasteiger charge is 2.23. The van der Waals surface area contributed by atoms with Crippen molar-refractivity contribution < 1.29 is 17.5 Å². The number of hydrogen-bond donors (Lipinski definition) is 3. The van der Waals surface area contributed by atoms with Crippen molar-refractivity contribution in [2.75, 3.05) is 11.3 Å². The van der Waals surface area contributed by atoms with Crippen molar-refractivity contribution in [2.45, 2.75) is 45.1 Å². The van der Waals surface area contributed by atoms with Gasteiger partial charge < -0.3 is 9.84 Å². The first-order valence-electron chi connectivity index (χ1n) is 11.6. The van der Waals surface area contributed by atoms with Crippen molar-refractivity contribution in [1.82, 2.24) is 20.4 Å². The molecule has 190 valence electrons. The fourth-order valence-corrected chi connectivity index (χ4v) is 5.31. The number of nitrogens with one attached hydrogen (secondary N) is 2. The number of anilines is 1. The average Bonchev–Trinajstić information content (AvgIpc) is 3.51. The highest BCUT2D eigenvalue weighted by atomic mass is 32.2. The second kappa shape index (κ2) is 11.7. The summed E-state index contributed by atoms with van der Waals surface area (Å²) < 4.78 is 38.8. The predicted molar refractivity (Wildman–Crippen MR) is 139 cm³/mol. The zero-order valence-corrected chi connectivity index (χ0v) is 21.7. The summed E-state index contributed by atoms with van der Waals surface area (Å²) >= 11 is 1.62. The van der Waals surface area contributed by atoms with E-state index in [9.17, 15) is 8.42 Å². The van der Waals surface area contributed by atoms with Crippen molar-refractivity contribution in [3.63, 3.8) is 0 Å². The van der Waals surface area contributed by atoms with E-state index in [0.717, 1.165) is 29.1 Å². The molecule has 0 saturated carbocycles. The lowest BCUT2D eigenvalue weighted by Crippen LogP contribution is -2.29. The first kappa shape index (κ1) is 26.0. The van der Waals surface area contributed by atoms with Crippen LogP contribution >= 0.6 is 11.3 Å². The fraction of sp³-hybridized carbons (Fsp3) is 0.320. The third-order valence-electron chi connectivity index (χ3n) is 5.70. The van der Waals surface area contributed by atoms with Gasteiger partial charge in [-0.25, -0.2) is 4.98 Å². The van der Waals surface area contributed by atoms with Gasteiger partial charge in [-0.1, -0.05) is 54.5 Å². The SMILES string of the molecule is CCc1csc([C@H](Cc2ccc(NS(=O)(=O)O)cc2)NCC(Cc2ccccc2)c2nc(C)no2)n1. The van der Waals surface area contributed by atoms with Gasteiger partial charge in [0.2, 0.25) is 5.89 Å². The standard InChI is InChI=1S/C25H29N5O4S2/c1-3-21-16-35-25(28-21)23(14-19-9-11-22(12-10-19)30-36(31,32)33)26-15-20(24-27-17(2)29-34-24)13-18-7-5-4-6-8-18/h4-12,16,20,23,26,30H,3,13-15H2,1-2H3,(H,31,32,33)/t20?,23-/m0/s1. The Morgan fingerprint density at radius 1 is 1.03 bits per heavy atom. The number of aromatic nitrogens is 3. The average molecular weight is 528 g/mol. The molecule has 0 saturated heterocycles. The Labute approximate surface area is 214 Å². The van der Waals surface area contributed by atoms with Gasteiger partial charge in [0.1, 0.15) is 5.01 Å². The lowest BCUT2D eigenvalue weighted by molar-refractivity contribution is 0.337. The van der Waals surface area contributed by atoms with Crippen LogP contribution in [0.25, 0.3) is 0 Å². The molecule has 1 unspecified atom stereocenters. The van der Waals surface area contributed by atoms with E-state index in [4.69, 9.17) is 14.1 Å². The first-order valence-corrected chi connectivity index (χ1v) is 14.0. The van der Waals surface area contributed by atoms with Crippen molar-refractivity contribution in [1.29, 1.82) is 0 Å². The molecule has 0 aliphatic carbocycles. The number of rotatable bonds is 12. The zero-order chi connectivity index (χ0) is 25.5. The molecule has 2 heterocycles. The molecule has 0 amide bonds. The van der Waals surface area contributed by atoms with Crippen molar-refractivity contribution in [2.24, 2.45) is 0 Å². The molecule has 3 N–H and O–H groups in total. The smallest absolute Gasteiger partial charge is 0.339 e. The van der Waals surface area contributed by atoms with Crippen LogP contribution in [0, 0.1) is 6.92 Å². The van der Waals surface area contributed by atoms with Crippen LogP contribution in [0.5, 0.6) is 0 Å². The minimum atomic E-state index is -4.32. The Balaban J connectivity index is 1.53. The number of aryl methyl sites for hydroxylation is 2. The van der Waals surface area contributed by atoms with Crippen LogP contribution in [0.2, 0.25) is 0 Å². The molecule has 0 aliphatic rings. The summed E-state index contributed by atoms with van der Waals surface area (Å²) in [6, 6.07) is 17.0. The van der Waals surface area contributed by atoms with Gasteiger partial charge in [0.25, 0.3) is 0 Å². The Bertz CT molecular complexity index is 1350. The minimum absolute atomic E-state index is 0.0250. The van der Waals surface area contributed by atoms with E-state index in [1.807, 2.05) is 37.3 Å². The van der Waals surface area contributed by atoms with E-state index in [2.05, 4.69) is 44.6 Å². The van der Waals surface area contributed by atoms with Gasteiger partial charge in [0, 0.05) is 11.9 Å². The van der Waals surface area contributed by atoms with E-state index in [-0.39, 0.29) is 12.0 Å². The molecule has 2 aromatic carbocycles. The van der Waals surface area contributed by atoms with Gasteiger partial charge in [0.05, 0.1) is 23.3 Å². The summed E-state index contributed by atoms with van der Waals surface area (Å²) in [6.45, 7) is 4.49. The fourth-order valence-electron chi connectivity index (χ4n) is 3.89. The molecule has 4 rings (SSSR count). The summed E-state index contributed by atoms with van der Waals surface area (Å²) in [5.74, 6) is 1.17. The number of nitrogens with zero attached hydrogens (tertiary/aromatic N) is 3. The quantitative estimate of drug-likeness (QED) is 0.229. The van der Waals surface area contributed by atoms with E-state index >= 15 is 0 Å². The molecule has 0 fully saturated rings. The maximum Gasteiger partial charge on any atom is 0.357 e. The maximum absolute atomic E-state index is 11.1. The molecule has 0 bridgehead atoms. The third-order valence-corrected chi connectivity index (χ3v) is 7.20. The summed E-state index contributed by atoms with van der Waals surface area (Å²) in [5.41, 5.74) is 3.52. The largest absolute Gasteiger partial charge is 0.357 e. The molecule has 0 aliphatic heterocycles. The summed E-state index contributed by atoms with van der Waals surface area (Å²) in [6.07, 6.45) is 2.25. The lowest BCUT2D eigenvalue weighted by Gasteiger charge is -2.21. The summed E-state index contributed by atoms with van der Waals surface area (Å²) in [5, 5.41) is 10.7. The number of hydrogen-bond acceptors (Lipinski definition) is 8. The highest BCUT2D eigenvalue weighted by molar-refractivity contribution is 7.87. The van der Waals surface area contributed by atoms with Gasteiger partial charge in [-0.3, -0.25) is 9.27 Å². The minimum Gasteiger partial charge on any atom is -0.339 e. The molecule has 0 spiro atoms. The van der Waals surface area contributed by atoms with Crippen molar-refractivity contribution in [3.8, 4) is 0 Å². The molecule has 36 heavy (non-hydrogen) atoms. The Hall–Kier alpha value is -3.12. The molecule has 2 atom stereocenters. The molecule has 0 radical (unpaired) electrons. The van der Waals surface area contributed by atoms with Gasteiger partial charge >= 0.3 is 10.3 Å². The monoisotopic (exact) mass is 527 g/mol. The molecular formula is C25H29N5O4S2. The second-order valence-electron chi connectivity index (χ2n) is 8.54. The predicted octanol–water partition coefficient (Wildman–Crippen LogP) is 4.51. The van der Waals surface area contributed by atoms with Crippen LogP contribution in [-0.2, 0) is 29.6 Å². The van der Waals surface area contributed by atoms with Gasteiger partial charge in [0.15, 0.2) is 5.82 Å². The first-order chi connectivity index (χ1) is 17.3. The van der Waals surface area contributed by atoms with Crippen LogP contribution in [0.4, 0.5) is 5.69 Å². The molecule has 9 nitrogen and oxygen atoms in total. The topological polar surface area (TPSA) is 130 Å². The van der Waals surface area contributed by atoms with Crippen molar-refractivity contribution in [3.05, 3.63) is 93.5 Å². The van der Waals surface area contributed by atoms with E-state index in [1.165, 1.54) is 5.56 Å². The van der Waals surface area contributed by atoms with E-state index < -0.39 is 10.3 Å². The number of thiazole rings is 1. The normalized spacial score (nSPS) is 13.4. The van der Waals surface area contributed by atoms with Gasteiger partial charge in [-0.15, -0.1) is 11.3 Å².